The fourth-order valence-electron chi connectivity index (χ4n) is 2.47. The van der Waals surface area contributed by atoms with Gasteiger partial charge in [0.25, 0.3) is 0 Å². The summed E-state index contributed by atoms with van der Waals surface area (Å²) in [7, 11) is -3.65. The van der Waals surface area contributed by atoms with Crippen molar-refractivity contribution in [3.8, 4) is 0 Å². The summed E-state index contributed by atoms with van der Waals surface area (Å²) in [6, 6.07) is 4.76. The lowest BCUT2D eigenvalue weighted by Gasteiger charge is -2.33. The van der Waals surface area contributed by atoms with Gasteiger partial charge in [-0.3, -0.25) is 15.0 Å². The molecule has 11 heteroatoms. The predicted molar refractivity (Wildman–Crippen MR) is 90.1 cm³/mol. The summed E-state index contributed by atoms with van der Waals surface area (Å²) in [6.07, 6.45) is 0. The minimum absolute atomic E-state index is 0.0661. The minimum Gasteiger partial charge on any atom is -0.299 e. The first-order valence-electron chi connectivity index (χ1n) is 7.49. The first-order chi connectivity index (χ1) is 11.9. The normalized spacial score (nSPS) is 16.7. The van der Waals surface area contributed by atoms with E-state index in [0.717, 1.165) is 12.1 Å². The lowest BCUT2D eigenvalue weighted by atomic mass is 10.3. The molecule has 3 rings (SSSR count). The van der Waals surface area contributed by atoms with Crippen LogP contribution in [0.3, 0.4) is 0 Å². The molecule has 0 saturated carbocycles. The standard InChI is InChI=1S/C14H16FN5O3S2/c15-11-1-3-12(4-2-11)25(22,23)20-7-5-19(6-8-20)9-13(21)17-14-18-16-10-24-14/h1-4,10H,5-9H2,(H,17,18,21). The molecule has 1 aliphatic heterocycles. The Bertz CT molecular complexity index is 819. The van der Waals surface area contributed by atoms with E-state index in [0.29, 0.717) is 18.2 Å². The second-order valence-electron chi connectivity index (χ2n) is 5.43. The van der Waals surface area contributed by atoms with E-state index in [4.69, 9.17) is 0 Å². The van der Waals surface area contributed by atoms with Crippen molar-refractivity contribution < 1.29 is 17.6 Å². The highest BCUT2D eigenvalue weighted by Crippen LogP contribution is 2.18. The third-order valence-electron chi connectivity index (χ3n) is 3.76. The van der Waals surface area contributed by atoms with Crippen molar-refractivity contribution in [3.63, 3.8) is 0 Å². The molecule has 2 aromatic rings. The van der Waals surface area contributed by atoms with Gasteiger partial charge in [0.15, 0.2) is 0 Å². The van der Waals surface area contributed by atoms with E-state index in [9.17, 15) is 17.6 Å². The Morgan fingerprint density at radius 3 is 2.48 bits per heavy atom. The van der Waals surface area contributed by atoms with Crippen LogP contribution in [0.1, 0.15) is 0 Å². The topological polar surface area (TPSA) is 95.5 Å². The van der Waals surface area contributed by atoms with Gasteiger partial charge in [0, 0.05) is 26.2 Å². The highest BCUT2D eigenvalue weighted by atomic mass is 32.2. The van der Waals surface area contributed by atoms with Crippen LogP contribution in [0.15, 0.2) is 34.7 Å². The molecular weight excluding hydrogens is 369 g/mol. The van der Waals surface area contributed by atoms with Crippen LogP contribution >= 0.6 is 11.3 Å². The number of hydrogen-bond acceptors (Lipinski definition) is 7. The number of nitrogens with zero attached hydrogens (tertiary/aromatic N) is 4. The maximum atomic E-state index is 13.0. The molecule has 1 saturated heterocycles. The van der Waals surface area contributed by atoms with Crippen LogP contribution in [-0.4, -0.2) is 66.5 Å². The Labute approximate surface area is 148 Å². The van der Waals surface area contributed by atoms with E-state index in [1.807, 2.05) is 4.90 Å². The van der Waals surface area contributed by atoms with Crippen molar-refractivity contribution in [2.24, 2.45) is 0 Å². The Morgan fingerprint density at radius 1 is 1.20 bits per heavy atom. The van der Waals surface area contributed by atoms with Crippen LogP contribution in [-0.2, 0) is 14.8 Å². The number of carbonyl (C=O) groups excluding carboxylic acids is 1. The molecule has 134 valence electrons. The summed E-state index contributed by atoms with van der Waals surface area (Å²) in [5.74, 6) is -0.697. The van der Waals surface area contributed by atoms with Crippen LogP contribution in [0, 0.1) is 5.82 Å². The van der Waals surface area contributed by atoms with Gasteiger partial charge in [-0.25, -0.2) is 12.8 Å². The van der Waals surface area contributed by atoms with Crippen molar-refractivity contribution in [2.45, 2.75) is 4.90 Å². The molecule has 25 heavy (non-hydrogen) atoms. The molecule has 1 aromatic carbocycles. The first-order valence-corrected chi connectivity index (χ1v) is 9.81. The highest BCUT2D eigenvalue weighted by molar-refractivity contribution is 7.89. The molecule has 0 bridgehead atoms. The van der Waals surface area contributed by atoms with E-state index in [1.165, 1.54) is 33.3 Å². The average molecular weight is 385 g/mol. The van der Waals surface area contributed by atoms with Crippen molar-refractivity contribution in [3.05, 3.63) is 35.6 Å². The number of benzene rings is 1. The SMILES string of the molecule is O=C(CN1CCN(S(=O)(=O)c2ccc(F)cc2)CC1)Nc1nncs1. The number of hydrogen-bond donors (Lipinski definition) is 1. The van der Waals surface area contributed by atoms with Gasteiger partial charge in [-0.2, -0.15) is 4.31 Å². The number of anilines is 1. The molecule has 0 unspecified atom stereocenters. The van der Waals surface area contributed by atoms with Crippen molar-refractivity contribution in [1.82, 2.24) is 19.4 Å². The number of aromatic nitrogens is 2. The molecule has 1 fully saturated rings. The van der Waals surface area contributed by atoms with Crippen LogP contribution in [0.5, 0.6) is 0 Å². The fourth-order valence-corrected chi connectivity index (χ4v) is 4.36. The van der Waals surface area contributed by atoms with Crippen LogP contribution in [0.4, 0.5) is 9.52 Å². The molecule has 1 aromatic heterocycles. The van der Waals surface area contributed by atoms with E-state index in [-0.39, 0.29) is 30.4 Å². The number of piperazine rings is 1. The number of halogens is 1. The van der Waals surface area contributed by atoms with E-state index < -0.39 is 15.8 Å². The van der Waals surface area contributed by atoms with Crippen molar-refractivity contribution in [2.75, 3.05) is 38.0 Å². The molecule has 0 aliphatic carbocycles. The number of sulfonamides is 1. The summed E-state index contributed by atoms with van der Waals surface area (Å²) < 4.78 is 39.4. The van der Waals surface area contributed by atoms with Gasteiger partial charge >= 0.3 is 0 Å². The summed E-state index contributed by atoms with van der Waals surface area (Å²) >= 11 is 1.23. The van der Waals surface area contributed by atoms with Gasteiger partial charge in [0.05, 0.1) is 11.4 Å². The molecular formula is C14H16FN5O3S2. The fraction of sp³-hybridized carbons (Fsp3) is 0.357. The zero-order valence-electron chi connectivity index (χ0n) is 13.1. The smallest absolute Gasteiger partial charge is 0.243 e. The van der Waals surface area contributed by atoms with E-state index in [2.05, 4.69) is 15.5 Å². The molecule has 1 amide bonds. The Hall–Kier alpha value is -1.95. The molecule has 0 spiro atoms. The third-order valence-corrected chi connectivity index (χ3v) is 6.28. The zero-order chi connectivity index (χ0) is 17.9. The van der Waals surface area contributed by atoms with Crippen LogP contribution in [0.25, 0.3) is 0 Å². The lowest BCUT2D eigenvalue weighted by Crippen LogP contribution is -2.50. The van der Waals surface area contributed by atoms with Crippen LogP contribution in [0.2, 0.25) is 0 Å². The third kappa shape index (κ3) is 4.37. The first kappa shape index (κ1) is 17.9. The van der Waals surface area contributed by atoms with Gasteiger partial charge in [0.1, 0.15) is 11.3 Å². The average Bonchev–Trinajstić information content (AvgIpc) is 3.08. The molecule has 2 heterocycles. The van der Waals surface area contributed by atoms with Gasteiger partial charge in [0.2, 0.25) is 21.1 Å². The minimum atomic E-state index is -3.65. The number of rotatable bonds is 5. The zero-order valence-corrected chi connectivity index (χ0v) is 14.8. The summed E-state index contributed by atoms with van der Waals surface area (Å²) in [4.78, 5) is 13.9. The summed E-state index contributed by atoms with van der Waals surface area (Å²) in [5.41, 5.74) is 1.52. The van der Waals surface area contributed by atoms with Gasteiger partial charge in [-0.15, -0.1) is 10.2 Å². The van der Waals surface area contributed by atoms with Gasteiger partial charge in [-0.1, -0.05) is 11.3 Å². The molecule has 0 radical (unpaired) electrons. The number of nitrogens with one attached hydrogen (secondary N) is 1. The van der Waals surface area contributed by atoms with E-state index in [1.54, 1.807) is 0 Å². The number of carbonyl (C=O) groups is 1. The van der Waals surface area contributed by atoms with Crippen molar-refractivity contribution in [1.29, 1.82) is 0 Å². The molecule has 1 N–H and O–H groups in total. The molecule has 0 atom stereocenters. The van der Waals surface area contributed by atoms with Crippen molar-refractivity contribution >= 4 is 32.4 Å². The predicted octanol–water partition coefficient (Wildman–Crippen LogP) is 0.622. The summed E-state index contributed by atoms with van der Waals surface area (Å²) in [5, 5.41) is 10.4. The second-order valence-corrected chi connectivity index (χ2v) is 8.20. The highest BCUT2D eigenvalue weighted by Gasteiger charge is 2.29. The maximum Gasteiger partial charge on any atom is 0.243 e. The molecule has 8 nitrogen and oxygen atoms in total. The Morgan fingerprint density at radius 2 is 1.88 bits per heavy atom. The lowest BCUT2D eigenvalue weighted by molar-refractivity contribution is -0.117. The maximum absolute atomic E-state index is 13.0. The number of amides is 1. The molecule has 1 aliphatic rings. The monoisotopic (exact) mass is 385 g/mol. The van der Waals surface area contributed by atoms with Gasteiger partial charge < -0.3 is 0 Å². The largest absolute Gasteiger partial charge is 0.299 e. The Balaban J connectivity index is 1.54. The summed E-state index contributed by atoms with van der Waals surface area (Å²) in [6.45, 7) is 1.57. The quantitative estimate of drug-likeness (QED) is 0.811. The second kappa shape index (κ2) is 7.52. The van der Waals surface area contributed by atoms with E-state index >= 15 is 0 Å². The van der Waals surface area contributed by atoms with Gasteiger partial charge in [-0.05, 0) is 24.3 Å². The van der Waals surface area contributed by atoms with Crippen LogP contribution < -0.4 is 5.32 Å². The Kier molecular flexibility index (Phi) is 5.37.